The fourth-order valence-corrected chi connectivity index (χ4v) is 6.08. The number of anilines is 2. The van der Waals surface area contributed by atoms with Gasteiger partial charge in [-0.2, -0.15) is 0 Å². The number of nitrogens with one attached hydrogen (secondary N) is 1. The van der Waals surface area contributed by atoms with Crippen LogP contribution in [0.3, 0.4) is 0 Å². The van der Waals surface area contributed by atoms with Gasteiger partial charge in [0.2, 0.25) is 5.91 Å². The molecule has 3 heterocycles. The lowest BCUT2D eigenvalue weighted by Gasteiger charge is -2.26. The zero-order chi connectivity index (χ0) is 22.9. The van der Waals surface area contributed by atoms with Crippen molar-refractivity contribution in [1.82, 2.24) is 14.9 Å². The van der Waals surface area contributed by atoms with E-state index in [1.54, 1.807) is 17.7 Å². The molecule has 33 heavy (non-hydrogen) atoms. The van der Waals surface area contributed by atoms with Crippen LogP contribution in [0, 0.1) is 5.92 Å². The van der Waals surface area contributed by atoms with Crippen LogP contribution in [0.15, 0.2) is 23.5 Å². The highest BCUT2D eigenvalue weighted by atomic mass is 32.1. The molecule has 2 aliphatic rings. The second-order valence-electron chi connectivity index (χ2n) is 8.68. The van der Waals surface area contributed by atoms with Crippen LogP contribution in [0.1, 0.15) is 48.3 Å². The predicted molar refractivity (Wildman–Crippen MR) is 133 cm³/mol. The molecule has 2 aromatic heterocycles. The number of aromatic nitrogens is 2. The van der Waals surface area contributed by atoms with Crippen molar-refractivity contribution in [3.05, 3.63) is 40.0 Å². The van der Waals surface area contributed by atoms with Crippen molar-refractivity contribution >= 4 is 45.2 Å². The van der Waals surface area contributed by atoms with Crippen LogP contribution in [0.4, 0.5) is 11.5 Å². The Labute approximate surface area is 197 Å². The van der Waals surface area contributed by atoms with E-state index >= 15 is 0 Å². The zero-order valence-electron chi connectivity index (χ0n) is 19.4. The van der Waals surface area contributed by atoms with Crippen LogP contribution in [-0.2, 0) is 24.2 Å². The Bertz CT molecular complexity index is 1240. The van der Waals surface area contributed by atoms with Crippen LogP contribution in [0.5, 0.6) is 5.75 Å². The van der Waals surface area contributed by atoms with Crippen molar-refractivity contribution in [3.63, 3.8) is 0 Å². The molecular formula is C25H29N5O2S. The summed E-state index contributed by atoms with van der Waals surface area (Å²) >= 11 is 1.69. The largest absolute Gasteiger partial charge is 0.492 e. The highest BCUT2D eigenvalue weighted by Crippen LogP contribution is 2.42. The number of thiophene rings is 1. The first-order valence-electron chi connectivity index (χ1n) is 11.7. The van der Waals surface area contributed by atoms with Gasteiger partial charge in [0.15, 0.2) is 0 Å². The standard InChI is InChI=1S/C25H29N5O2S/c1-4-8-30(3)25(31)15-6-7-18-21(11-15)33-24-22(18)23(27-14-28-24)29-19-9-16-12-26-13-17(16)10-20(19)32-5-2/h9-10,12,14-15H,4-8,11,13H2,1-3H3,(H,27,28,29)/t15-/m0/s1. The molecule has 1 amide bonds. The Morgan fingerprint density at radius 2 is 2.18 bits per heavy atom. The maximum Gasteiger partial charge on any atom is 0.225 e. The summed E-state index contributed by atoms with van der Waals surface area (Å²) in [5, 5.41) is 4.60. The molecule has 1 aliphatic carbocycles. The summed E-state index contributed by atoms with van der Waals surface area (Å²) < 4.78 is 5.92. The lowest BCUT2D eigenvalue weighted by Crippen LogP contribution is -2.35. The van der Waals surface area contributed by atoms with Crippen LogP contribution in [0.2, 0.25) is 0 Å². The number of aryl methyl sites for hydroxylation is 1. The van der Waals surface area contributed by atoms with Crippen molar-refractivity contribution in [3.8, 4) is 5.75 Å². The molecule has 1 N–H and O–H groups in total. The molecule has 0 saturated heterocycles. The number of nitrogens with zero attached hydrogens (tertiary/aromatic N) is 4. The summed E-state index contributed by atoms with van der Waals surface area (Å²) in [5.41, 5.74) is 4.44. The molecule has 3 aromatic rings. The Kier molecular flexibility index (Phi) is 6.01. The maximum absolute atomic E-state index is 12.9. The van der Waals surface area contributed by atoms with Gasteiger partial charge in [0.25, 0.3) is 0 Å². The lowest BCUT2D eigenvalue weighted by atomic mass is 9.87. The summed E-state index contributed by atoms with van der Waals surface area (Å²) in [7, 11) is 1.91. The van der Waals surface area contributed by atoms with E-state index in [1.165, 1.54) is 16.0 Å². The zero-order valence-corrected chi connectivity index (χ0v) is 20.2. The Hall–Kier alpha value is -3.00. The fraction of sp³-hybridized carbons (Fsp3) is 0.440. The average Bonchev–Trinajstić information content (AvgIpc) is 3.42. The normalized spacial score (nSPS) is 16.5. The molecule has 0 fully saturated rings. The minimum Gasteiger partial charge on any atom is -0.492 e. The number of hydrogen-bond donors (Lipinski definition) is 1. The van der Waals surface area contributed by atoms with Crippen molar-refractivity contribution < 1.29 is 9.53 Å². The first-order valence-corrected chi connectivity index (χ1v) is 12.5. The van der Waals surface area contributed by atoms with E-state index in [0.717, 1.165) is 65.3 Å². The Morgan fingerprint density at radius 3 is 3.00 bits per heavy atom. The third-order valence-corrected chi connectivity index (χ3v) is 7.58. The number of ether oxygens (including phenoxy) is 1. The molecule has 0 unspecified atom stereocenters. The molecule has 1 atom stereocenters. The van der Waals surface area contributed by atoms with Gasteiger partial charge >= 0.3 is 0 Å². The van der Waals surface area contributed by atoms with Crippen LogP contribution in [0.25, 0.3) is 10.2 Å². The second kappa shape index (κ2) is 9.09. The van der Waals surface area contributed by atoms with Gasteiger partial charge in [-0.1, -0.05) is 6.92 Å². The minimum absolute atomic E-state index is 0.0482. The molecule has 0 bridgehead atoms. The van der Waals surface area contributed by atoms with E-state index in [2.05, 4.69) is 39.3 Å². The number of amides is 1. The van der Waals surface area contributed by atoms with E-state index in [9.17, 15) is 4.79 Å². The van der Waals surface area contributed by atoms with Gasteiger partial charge in [0.05, 0.1) is 24.2 Å². The number of carbonyl (C=O) groups is 1. The van der Waals surface area contributed by atoms with Gasteiger partial charge < -0.3 is 15.0 Å². The second-order valence-corrected chi connectivity index (χ2v) is 9.76. The first kappa shape index (κ1) is 21.8. The summed E-state index contributed by atoms with van der Waals surface area (Å²) in [6, 6.07) is 4.15. The van der Waals surface area contributed by atoms with Gasteiger partial charge in [-0.25, -0.2) is 9.97 Å². The lowest BCUT2D eigenvalue weighted by molar-refractivity contribution is -0.134. The summed E-state index contributed by atoms with van der Waals surface area (Å²) in [6.07, 6.45) is 7.00. The highest BCUT2D eigenvalue weighted by Gasteiger charge is 2.30. The molecule has 1 aromatic carbocycles. The van der Waals surface area contributed by atoms with E-state index in [-0.39, 0.29) is 11.8 Å². The minimum atomic E-state index is 0.0482. The van der Waals surface area contributed by atoms with Gasteiger partial charge in [-0.15, -0.1) is 11.3 Å². The molecule has 172 valence electrons. The quantitative estimate of drug-likeness (QED) is 0.547. The third kappa shape index (κ3) is 4.08. The first-order chi connectivity index (χ1) is 16.1. The average molecular weight is 464 g/mol. The van der Waals surface area contributed by atoms with E-state index < -0.39 is 0 Å². The van der Waals surface area contributed by atoms with Crippen LogP contribution < -0.4 is 10.1 Å². The third-order valence-electron chi connectivity index (χ3n) is 6.42. The number of aliphatic imine (C=N–C) groups is 1. The number of benzene rings is 1. The number of fused-ring (bicyclic) bond motifs is 4. The van der Waals surface area contributed by atoms with Gasteiger partial charge in [0.1, 0.15) is 22.7 Å². The number of carbonyl (C=O) groups excluding carboxylic acids is 1. The smallest absolute Gasteiger partial charge is 0.225 e. The van der Waals surface area contributed by atoms with E-state index in [1.807, 2.05) is 25.1 Å². The van der Waals surface area contributed by atoms with Crippen molar-refractivity contribution in [2.45, 2.75) is 46.1 Å². The Balaban J connectivity index is 1.48. The van der Waals surface area contributed by atoms with Gasteiger partial charge in [-0.05, 0) is 61.4 Å². The molecular weight excluding hydrogens is 434 g/mol. The summed E-state index contributed by atoms with van der Waals surface area (Å²) in [6.45, 7) is 6.18. The van der Waals surface area contributed by atoms with Crippen molar-refractivity contribution in [1.29, 1.82) is 0 Å². The van der Waals surface area contributed by atoms with Crippen molar-refractivity contribution in [2.24, 2.45) is 10.9 Å². The van der Waals surface area contributed by atoms with Crippen molar-refractivity contribution in [2.75, 3.05) is 25.5 Å². The van der Waals surface area contributed by atoms with E-state index in [4.69, 9.17) is 4.74 Å². The van der Waals surface area contributed by atoms with Crippen LogP contribution in [-0.4, -0.2) is 47.2 Å². The SMILES string of the molecule is CCCN(C)C(=O)[C@H]1CCc2c(sc3ncnc(Nc4cc5c(cc4OCC)CN=C5)c23)C1. The predicted octanol–water partition coefficient (Wildman–Crippen LogP) is 4.74. The molecule has 8 heteroatoms. The fourth-order valence-electron chi connectivity index (χ4n) is 4.81. The molecule has 1 aliphatic heterocycles. The molecule has 0 spiro atoms. The Morgan fingerprint density at radius 1 is 1.30 bits per heavy atom. The molecule has 7 nitrogen and oxygen atoms in total. The molecule has 0 saturated carbocycles. The highest BCUT2D eigenvalue weighted by molar-refractivity contribution is 7.19. The number of rotatable bonds is 7. The van der Waals surface area contributed by atoms with Gasteiger partial charge in [-0.3, -0.25) is 9.79 Å². The van der Waals surface area contributed by atoms with Gasteiger partial charge in [0, 0.05) is 30.6 Å². The molecule has 5 rings (SSSR count). The number of hydrogen-bond acceptors (Lipinski definition) is 7. The summed E-state index contributed by atoms with van der Waals surface area (Å²) in [5.74, 6) is 1.90. The van der Waals surface area contributed by atoms with Crippen LogP contribution >= 0.6 is 11.3 Å². The molecule has 0 radical (unpaired) electrons. The topological polar surface area (TPSA) is 79.7 Å². The maximum atomic E-state index is 12.9. The summed E-state index contributed by atoms with van der Waals surface area (Å²) in [4.78, 5) is 30.5. The van der Waals surface area contributed by atoms with E-state index in [0.29, 0.717) is 13.2 Å². The monoisotopic (exact) mass is 463 g/mol.